The van der Waals surface area contributed by atoms with Gasteiger partial charge in [0.15, 0.2) is 5.78 Å². The van der Waals surface area contributed by atoms with E-state index in [0.717, 1.165) is 22.6 Å². The molecule has 0 fully saturated rings. The van der Waals surface area contributed by atoms with Crippen LogP contribution in [0, 0.1) is 17.0 Å². The van der Waals surface area contributed by atoms with E-state index in [1.54, 1.807) is 19.2 Å². The van der Waals surface area contributed by atoms with E-state index < -0.39 is 4.92 Å². The van der Waals surface area contributed by atoms with E-state index in [9.17, 15) is 14.9 Å². The summed E-state index contributed by atoms with van der Waals surface area (Å²) in [4.78, 5) is 23.3. The second-order valence-electron chi connectivity index (χ2n) is 6.77. The molecule has 148 valence electrons. The Bertz CT molecular complexity index is 981. The normalized spacial score (nSPS) is 11.5. The fraction of sp³-hybridized carbons (Fsp3) is 0.174. The van der Waals surface area contributed by atoms with Crippen molar-refractivity contribution in [2.75, 3.05) is 12.4 Å². The predicted molar refractivity (Wildman–Crippen MR) is 113 cm³/mol. The minimum absolute atomic E-state index is 0.00522. The Kier molecular flexibility index (Phi) is 6.24. The number of hydrogen-bond acceptors (Lipinski definition) is 5. The van der Waals surface area contributed by atoms with Crippen molar-refractivity contribution in [2.24, 2.45) is 0 Å². The second kappa shape index (κ2) is 9.01. The van der Waals surface area contributed by atoms with Gasteiger partial charge >= 0.3 is 0 Å². The molecule has 3 aromatic rings. The van der Waals surface area contributed by atoms with Gasteiger partial charge in [-0.05, 0) is 36.8 Å². The van der Waals surface area contributed by atoms with Gasteiger partial charge in [-0.25, -0.2) is 0 Å². The van der Waals surface area contributed by atoms with Crippen LogP contribution >= 0.6 is 0 Å². The highest BCUT2D eigenvalue weighted by atomic mass is 16.6. The van der Waals surface area contributed by atoms with Gasteiger partial charge in [0, 0.05) is 29.8 Å². The van der Waals surface area contributed by atoms with Crippen LogP contribution in [0.3, 0.4) is 0 Å². The fourth-order valence-electron chi connectivity index (χ4n) is 3.01. The molecule has 0 bridgehead atoms. The van der Waals surface area contributed by atoms with Crippen LogP contribution in [0.4, 0.5) is 11.4 Å². The number of Topliss-reactive ketones (excluding diaryl/α,β-unsaturated/α-hetero) is 1. The summed E-state index contributed by atoms with van der Waals surface area (Å²) in [5, 5.41) is 14.3. The van der Waals surface area contributed by atoms with Gasteiger partial charge in [0.2, 0.25) is 0 Å². The Labute approximate surface area is 169 Å². The Hall–Kier alpha value is -3.67. The third-order valence-corrected chi connectivity index (χ3v) is 4.70. The van der Waals surface area contributed by atoms with Gasteiger partial charge in [-0.1, -0.05) is 42.0 Å². The molecule has 1 atom stereocenters. The van der Waals surface area contributed by atoms with Crippen molar-refractivity contribution in [1.29, 1.82) is 0 Å². The lowest BCUT2D eigenvalue weighted by Gasteiger charge is -2.20. The highest BCUT2D eigenvalue weighted by molar-refractivity contribution is 5.96. The van der Waals surface area contributed by atoms with Crippen LogP contribution in [0.15, 0.2) is 72.8 Å². The average Bonchev–Trinajstić information content (AvgIpc) is 2.74. The molecular weight excluding hydrogens is 368 g/mol. The number of carbonyl (C=O) groups excluding carboxylic acids is 1. The maximum atomic E-state index is 12.8. The molecular formula is C23H22N2O4. The van der Waals surface area contributed by atoms with E-state index in [0.29, 0.717) is 5.56 Å². The van der Waals surface area contributed by atoms with Crippen molar-refractivity contribution in [3.63, 3.8) is 0 Å². The number of carbonyl (C=O) groups is 1. The van der Waals surface area contributed by atoms with E-state index in [1.165, 1.54) is 12.1 Å². The number of anilines is 1. The molecule has 0 aliphatic carbocycles. The van der Waals surface area contributed by atoms with Gasteiger partial charge in [-0.3, -0.25) is 14.9 Å². The second-order valence-corrected chi connectivity index (χ2v) is 6.77. The minimum atomic E-state index is -0.437. The average molecular weight is 390 g/mol. The van der Waals surface area contributed by atoms with E-state index in [2.05, 4.69) is 5.32 Å². The van der Waals surface area contributed by atoms with Crippen molar-refractivity contribution in [3.8, 4) is 5.75 Å². The molecule has 3 aromatic carbocycles. The SMILES string of the molecule is COc1ccc(NC(CC(=O)c2ccc(C)cc2)c2ccc([N+](=O)[O-])cc2)cc1. The molecule has 29 heavy (non-hydrogen) atoms. The van der Waals surface area contributed by atoms with Gasteiger partial charge in [0.1, 0.15) is 5.75 Å². The number of ether oxygens (including phenoxy) is 1. The number of nitrogens with zero attached hydrogens (tertiary/aromatic N) is 1. The molecule has 0 amide bonds. The first-order chi connectivity index (χ1) is 14.0. The number of benzene rings is 3. The number of rotatable bonds is 8. The molecule has 0 aliphatic rings. The number of methoxy groups -OCH3 is 1. The predicted octanol–water partition coefficient (Wildman–Crippen LogP) is 5.34. The highest BCUT2D eigenvalue weighted by Gasteiger charge is 2.18. The maximum absolute atomic E-state index is 12.8. The lowest BCUT2D eigenvalue weighted by molar-refractivity contribution is -0.384. The third kappa shape index (κ3) is 5.19. The summed E-state index contributed by atoms with van der Waals surface area (Å²) in [6.45, 7) is 1.97. The quantitative estimate of drug-likeness (QED) is 0.319. The van der Waals surface area contributed by atoms with Crippen molar-refractivity contribution in [2.45, 2.75) is 19.4 Å². The maximum Gasteiger partial charge on any atom is 0.269 e. The van der Waals surface area contributed by atoms with Crippen LogP contribution in [0.5, 0.6) is 5.75 Å². The van der Waals surface area contributed by atoms with E-state index in [1.807, 2.05) is 55.5 Å². The summed E-state index contributed by atoms with van der Waals surface area (Å²) in [6.07, 6.45) is 0.215. The molecule has 1 N–H and O–H groups in total. The zero-order valence-corrected chi connectivity index (χ0v) is 16.3. The summed E-state index contributed by atoms with van der Waals surface area (Å²) in [5.41, 5.74) is 3.36. The van der Waals surface area contributed by atoms with Gasteiger partial charge in [0.05, 0.1) is 18.1 Å². The summed E-state index contributed by atoms with van der Waals surface area (Å²) >= 11 is 0. The van der Waals surface area contributed by atoms with Crippen LogP contribution < -0.4 is 10.1 Å². The molecule has 0 saturated carbocycles. The van der Waals surface area contributed by atoms with Gasteiger partial charge in [-0.2, -0.15) is 0 Å². The standard InChI is InChI=1S/C23H22N2O4/c1-16-3-5-18(6-4-16)23(26)15-22(17-7-11-20(12-8-17)25(27)28)24-19-9-13-21(29-2)14-10-19/h3-14,22,24H,15H2,1-2H3. The van der Waals surface area contributed by atoms with Crippen LogP contribution in [-0.2, 0) is 0 Å². The van der Waals surface area contributed by atoms with E-state index >= 15 is 0 Å². The number of hydrogen-bond donors (Lipinski definition) is 1. The monoisotopic (exact) mass is 390 g/mol. The Morgan fingerprint density at radius 2 is 1.62 bits per heavy atom. The summed E-state index contributed by atoms with van der Waals surface area (Å²) in [7, 11) is 1.60. The number of non-ortho nitro benzene ring substituents is 1. The molecule has 6 heteroatoms. The fourth-order valence-corrected chi connectivity index (χ4v) is 3.01. The zero-order valence-electron chi connectivity index (χ0n) is 16.3. The number of nitro groups is 1. The molecule has 0 aromatic heterocycles. The van der Waals surface area contributed by atoms with Crippen molar-refractivity contribution < 1.29 is 14.5 Å². The molecule has 0 spiro atoms. The summed E-state index contributed by atoms with van der Waals surface area (Å²) < 4.78 is 5.18. The zero-order chi connectivity index (χ0) is 20.8. The summed E-state index contributed by atoms with van der Waals surface area (Å²) in [6, 6.07) is 20.8. The molecule has 3 rings (SSSR count). The minimum Gasteiger partial charge on any atom is -0.497 e. The lowest BCUT2D eigenvalue weighted by atomic mass is 9.97. The smallest absolute Gasteiger partial charge is 0.269 e. The number of nitro benzene ring substituents is 1. The number of ketones is 1. The molecule has 0 aliphatic heterocycles. The molecule has 0 heterocycles. The van der Waals surface area contributed by atoms with Crippen LogP contribution in [0.2, 0.25) is 0 Å². The summed E-state index contributed by atoms with van der Waals surface area (Å²) in [5.74, 6) is 0.729. The highest BCUT2D eigenvalue weighted by Crippen LogP contribution is 2.27. The van der Waals surface area contributed by atoms with Crippen molar-refractivity contribution in [3.05, 3.63) is 99.6 Å². The Balaban J connectivity index is 1.86. The van der Waals surface area contributed by atoms with Crippen LogP contribution in [-0.4, -0.2) is 17.8 Å². The van der Waals surface area contributed by atoms with Crippen molar-refractivity contribution in [1.82, 2.24) is 0 Å². The van der Waals surface area contributed by atoms with Gasteiger partial charge in [-0.15, -0.1) is 0 Å². The lowest BCUT2D eigenvalue weighted by Crippen LogP contribution is -2.16. The first-order valence-corrected chi connectivity index (χ1v) is 9.21. The first-order valence-electron chi connectivity index (χ1n) is 9.21. The van der Waals surface area contributed by atoms with Gasteiger partial charge < -0.3 is 10.1 Å². The van der Waals surface area contributed by atoms with E-state index in [4.69, 9.17) is 4.74 Å². The number of nitrogens with one attached hydrogen (secondary N) is 1. The largest absolute Gasteiger partial charge is 0.497 e. The molecule has 1 unspecified atom stereocenters. The van der Waals surface area contributed by atoms with Crippen LogP contribution in [0.25, 0.3) is 0 Å². The first kappa shape index (κ1) is 20.1. The van der Waals surface area contributed by atoms with Crippen LogP contribution in [0.1, 0.15) is 33.9 Å². The van der Waals surface area contributed by atoms with Crippen molar-refractivity contribution >= 4 is 17.2 Å². The molecule has 6 nitrogen and oxygen atoms in total. The molecule has 0 radical (unpaired) electrons. The topological polar surface area (TPSA) is 81.5 Å². The Morgan fingerprint density at radius 3 is 2.17 bits per heavy atom. The van der Waals surface area contributed by atoms with E-state index in [-0.39, 0.29) is 23.9 Å². The molecule has 0 saturated heterocycles. The van der Waals surface area contributed by atoms with Gasteiger partial charge in [0.25, 0.3) is 5.69 Å². The number of aryl methyl sites for hydroxylation is 1. The Morgan fingerprint density at radius 1 is 1.00 bits per heavy atom. The third-order valence-electron chi connectivity index (χ3n) is 4.70.